The van der Waals surface area contributed by atoms with Crippen LogP contribution in [0.2, 0.25) is 5.02 Å². The zero-order valence-corrected chi connectivity index (χ0v) is 12.8. The number of benzene rings is 1. The lowest BCUT2D eigenvalue weighted by Gasteiger charge is -2.21. The molecule has 1 heterocycles. The van der Waals surface area contributed by atoms with E-state index in [0.717, 1.165) is 17.1 Å². The number of aromatic nitrogens is 2. The highest BCUT2D eigenvalue weighted by molar-refractivity contribution is 6.30. The topological polar surface area (TPSA) is 53.1 Å². The summed E-state index contributed by atoms with van der Waals surface area (Å²) in [5, 5.41) is 0.661. The van der Waals surface area contributed by atoms with Crippen molar-refractivity contribution in [2.75, 3.05) is 13.7 Å². The quantitative estimate of drug-likeness (QED) is 0.921. The molecule has 0 saturated carbocycles. The molecule has 4 nitrogen and oxygen atoms in total. The van der Waals surface area contributed by atoms with Gasteiger partial charge in [0.15, 0.2) is 0 Å². The van der Waals surface area contributed by atoms with E-state index in [2.05, 4.69) is 18.8 Å². The Hall–Kier alpha value is -1.52. The number of methoxy groups -OCH3 is 1. The van der Waals surface area contributed by atoms with Gasteiger partial charge in [0, 0.05) is 29.4 Å². The smallest absolute Gasteiger partial charge is 0.142 e. The Labute approximate surface area is 124 Å². The van der Waals surface area contributed by atoms with Crippen molar-refractivity contribution in [3.63, 3.8) is 0 Å². The second kappa shape index (κ2) is 6.29. The van der Waals surface area contributed by atoms with Gasteiger partial charge in [0.05, 0.1) is 19.1 Å². The first-order valence-electron chi connectivity index (χ1n) is 6.64. The molecule has 0 aliphatic rings. The van der Waals surface area contributed by atoms with E-state index in [1.54, 1.807) is 13.4 Å². The molecule has 20 heavy (non-hydrogen) atoms. The second-order valence-electron chi connectivity index (χ2n) is 5.09. The highest BCUT2D eigenvalue weighted by Crippen LogP contribution is 2.31. The normalized spacial score (nSPS) is 12.7. The van der Waals surface area contributed by atoms with Crippen LogP contribution in [0.3, 0.4) is 0 Å². The number of halogens is 1. The van der Waals surface area contributed by atoms with E-state index in [1.165, 1.54) is 0 Å². The van der Waals surface area contributed by atoms with Crippen molar-refractivity contribution in [2.24, 2.45) is 11.7 Å². The third kappa shape index (κ3) is 2.81. The Morgan fingerprint density at radius 2 is 2.15 bits per heavy atom. The van der Waals surface area contributed by atoms with Crippen LogP contribution in [-0.4, -0.2) is 23.2 Å². The molecule has 1 aromatic heterocycles. The third-order valence-electron chi connectivity index (χ3n) is 3.51. The molecule has 1 atom stereocenters. The summed E-state index contributed by atoms with van der Waals surface area (Å²) in [5.74, 6) is 1.43. The van der Waals surface area contributed by atoms with Crippen LogP contribution in [0.25, 0.3) is 5.69 Å². The van der Waals surface area contributed by atoms with Gasteiger partial charge in [-0.2, -0.15) is 0 Å². The first-order valence-corrected chi connectivity index (χ1v) is 7.02. The second-order valence-corrected chi connectivity index (χ2v) is 5.53. The van der Waals surface area contributed by atoms with Crippen molar-refractivity contribution in [3.05, 3.63) is 41.4 Å². The Kier molecular flexibility index (Phi) is 4.68. The fourth-order valence-electron chi connectivity index (χ4n) is 2.37. The molecular weight excluding hydrogens is 274 g/mol. The lowest BCUT2D eigenvalue weighted by Crippen LogP contribution is -2.20. The summed E-state index contributed by atoms with van der Waals surface area (Å²) in [6, 6.07) is 5.54. The van der Waals surface area contributed by atoms with Crippen LogP contribution in [-0.2, 0) is 0 Å². The van der Waals surface area contributed by atoms with E-state index >= 15 is 0 Å². The molecule has 2 rings (SSSR count). The first kappa shape index (κ1) is 14.9. The van der Waals surface area contributed by atoms with Crippen LogP contribution >= 0.6 is 11.6 Å². The summed E-state index contributed by atoms with van der Waals surface area (Å²) in [5.41, 5.74) is 7.87. The highest BCUT2D eigenvalue weighted by atomic mass is 35.5. The number of ether oxygens (including phenoxy) is 1. The van der Waals surface area contributed by atoms with Crippen molar-refractivity contribution < 1.29 is 4.74 Å². The SMILES string of the molecule is COc1ccc(Cl)cc1-n1cncc1C(CN)C(C)C. The molecule has 0 bridgehead atoms. The predicted octanol–water partition coefficient (Wildman–Crippen LogP) is 3.23. The Morgan fingerprint density at radius 3 is 2.75 bits per heavy atom. The summed E-state index contributed by atoms with van der Waals surface area (Å²) in [4.78, 5) is 4.26. The van der Waals surface area contributed by atoms with Gasteiger partial charge in [-0.1, -0.05) is 25.4 Å². The summed E-state index contributed by atoms with van der Waals surface area (Å²) in [6.07, 6.45) is 3.63. The molecule has 5 heteroatoms. The van der Waals surface area contributed by atoms with Crippen molar-refractivity contribution >= 4 is 11.6 Å². The van der Waals surface area contributed by atoms with Crippen LogP contribution in [0.4, 0.5) is 0 Å². The number of nitrogens with two attached hydrogens (primary N) is 1. The predicted molar refractivity (Wildman–Crippen MR) is 81.8 cm³/mol. The monoisotopic (exact) mass is 293 g/mol. The standard InChI is InChI=1S/C15H20ClN3O/c1-10(2)12(7-17)14-8-18-9-19(14)13-6-11(16)4-5-15(13)20-3/h4-6,8-10,12H,7,17H2,1-3H3. The van der Waals surface area contributed by atoms with Crippen LogP contribution in [0, 0.1) is 5.92 Å². The molecule has 0 fully saturated rings. The van der Waals surface area contributed by atoms with Gasteiger partial charge in [0.25, 0.3) is 0 Å². The van der Waals surface area contributed by atoms with Crippen molar-refractivity contribution in [1.29, 1.82) is 0 Å². The Morgan fingerprint density at radius 1 is 1.40 bits per heavy atom. The largest absolute Gasteiger partial charge is 0.495 e. The minimum atomic E-state index is 0.237. The average molecular weight is 294 g/mol. The number of rotatable bonds is 5. The summed E-state index contributed by atoms with van der Waals surface area (Å²) < 4.78 is 7.42. The van der Waals surface area contributed by atoms with Gasteiger partial charge in [-0.15, -0.1) is 0 Å². The van der Waals surface area contributed by atoms with Crippen molar-refractivity contribution in [3.8, 4) is 11.4 Å². The molecule has 2 N–H and O–H groups in total. The molecule has 0 aliphatic carbocycles. The van der Waals surface area contributed by atoms with Crippen molar-refractivity contribution in [2.45, 2.75) is 19.8 Å². The van der Waals surface area contributed by atoms with E-state index < -0.39 is 0 Å². The fraction of sp³-hybridized carbons (Fsp3) is 0.400. The highest BCUT2D eigenvalue weighted by Gasteiger charge is 2.20. The Bertz CT molecular complexity index is 580. The fourth-order valence-corrected chi connectivity index (χ4v) is 2.53. The molecule has 0 aliphatic heterocycles. The van der Waals surface area contributed by atoms with Crippen molar-refractivity contribution in [1.82, 2.24) is 9.55 Å². The van der Waals surface area contributed by atoms with Gasteiger partial charge >= 0.3 is 0 Å². The van der Waals surface area contributed by atoms with Gasteiger partial charge < -0.3 is 10.5 Å². The number of hydrogen-bond donors (Lipinski definition) is 1. The molecule has 0 spiro atoms. The van der Waals surface area contributed by atoms with Gasteiger partial charge in [-0.05, 0) is 24.1 Å². The van der Waals surface area contributed by atoms with E-state index in [9.17, 15) is 0 Å². The maximum atomic E-state index is 6.11. The maximum Gasteiger partial charge on any atom is 0.142 e. The van der Waals surface area contributed by atoms with Crippen LogP contribution in [0.15, 0.2) is 30.7 Å². The lowest BCUT2D eigenvalue weighted by atomic mass is 9.93. The van der Waals surface area contributed by atoms with E-state index in [4.69, 9.17) is 22.1 Å². The minimum absolute atomic E-state index is 0.237. The van der Waals surface area contributed by atoms with Crippen LogP contribution < -0.4 is 10.5 Å². The molecule has 0 radical (unpaired) electrons. The number of hydrogen-bond acceptors (Lipinski definition) is 3. The summed E-state index contributed by atoms with van der Waals surface area (Å²) in [6.45, 7) is 4.89. The van der Waals surface area contributed by atoms with E-state index in [-0.39, 0.29) is 5.92 Å². The number of nitrogens with zero attached hydrogens (tertiary/aromatic N) is 2. The lowest BCUT2D eigenvalue weighted by molar-refractivity contribution is 0.411. The zero-order chi connectivity index (χ0) is 14.7. The van der Waals surface area contributed by atoms with Gasteiger partial charge in [-0.25, -0.2) is 4.98 Å². The van der Waals surface area contributed by atoms with Gasteiger partial charge in [-0.3, -0.25) is 4.57 Å². The summed E-state index contributed by atoms with van der Waals surface area (Å²) in [7, 11) is 1.65. The molecule has 1 aromatic carbocycles. The summed E-state index contributed by atoms with van der Waals surface area (Å²) >= 11 is 6.11. The maximum absolute atomic E-state index is 6.11. The number of imidazole rings is 1. The molecule has 1 unspecified atom stereocenters. The van der Waals surface area contributed by atoms with Crippen LogP contribution in [0.5, 0.6) is 5.75 Å². The first-order chi connectivity index (χ1) is 9.58. The third-order valence-corrected chi connectivity index (χ3v) is 3.74. The van der Waals surface area contributed by atoms with E-state index in [0.29, 0.717) is 17.5 Å². The average Bonchev–Trinajstić information content (AvgIpc) is 2.88. The van der Waals surface area contributed by atoms with Crippen LogP contribution in [0.1, 0.15) is 25.5 Å². The minimum Gasteiger partial charge on any atom is -0.495 e. The zero-order valence-electron chi connectivity index (χ0n) is 12.0. The van der Waals surface area contributed by atoms with E-state index in [1.807, 2.05) is 29.0 Å². The molecule has 108 valence electrons. The van der Waals surface area contributed by atoms with Gasteiger partial charge in [0.2, 0.25) is 0 Å². The Balaban J connectivity index is 2.54. The molecule has 0 saturated heterocycles. The molecule has 2 aromatic rings. The van der Waals surface area contributed by atoms with Gasteiger partial charge in [0.1, 0.15) is 5.75 Å². The molecule has 0 amide bonds. The molecular formula is C15H20ClN3O.